The van der Waals surface area contributed by atoms with Gasteiger partial charge < -0.3 is 13.9 Å². The van der Waals surface area contributed by atoms with Crippen molar-refractivity contribution in [3.8, 4) is 5.69 Å². The lowest BCUT2D eigenvalue weighted by atomic mass is 9.77. The highest BCUT2D eigenvalue weighted by atomic mass is 16.7. The Labute approximate surface area is 143 Å². The lowest BCUT2D eigenvalue weighted by molar-refractivity contribution is 0.00578. The Kier molecular flexibility index (Phi) is 3.38. The van der Waals surface area contributed by atoms with Crippen LogP contribution in [0, 0.1) is 0 Å². The van der Waals surface area contributed by atoms with Crippen LogP contribution in [0.2, 0.25) is 0 Å². The van der Waals surface area contributed by atoms with Crippen LogP contribution in [-0.4, -0.2) is 22.9 Å². The molecule has 24 heavy (non-hydrogen) atoms. The second-order valence-corrected chi connectivity index (χ2v) is 7.44. The van der Waals surface area contributed by atoms with Crippen molar-refractivity contribution in [2.45, 2.75) is 38.9 Å². The summed E-state index contributed by atoms with van der Waals surface area (Å²) in [5.41, 5.74) is 1.57. The van der Waals surface area contributed by atoms with Gasteiger partial charge in [0.15, 0.2) is 0 Å². The third kappa shape index (κ3) is 2.38. The van der Waals surface area contributed by atoms with E-state index in [2.05, 4.69) is 87.1 Å². The highest BCUT2D eigenvalue weighted by Gasteiger charge is 2.52. The summed E-state index contributed by atoms with van der Waals surface area (Å²) < 4.78 is 14.6. The van der Waals surface area contributed by atoms with E-state index in [0.717, 1.165) is 11.2 Å². The fraction of sp³-hybridized carbons (Fsp3) is 0.300. The van der Waals surface area contributed by atoms with E-state index < -0.39 is 0 Å². The van der Waals surface area contributed by atoms with E-state index in [1.54, 1.807) is 0 Å². The quantitative estimate of drug-likeness (QED) is 0.668. The molecule has 1 fully saturated rings. The molecule has 1 saturated heterocycles. The molecule has 0 saturated carbocycles. The van der Waals surface area contributed by atoms with Crippen LogP contribution in [-0.2, 0) is 9.31 Å². The minimum absolute atomic E-state index is 0.332. The average Bonchev–Trinajstić information content (AvgIpc) is 3.06. The SMILES string of the molecule is CC1(C)OB(c2cccc3cn(-c4ccccc4)cc23)OC1(C)C. The zero-order valence-corrected chi connectivity index (χ0v) is 14.6. The van der Waals surface area contributed by atoms with Crippen molar-refractivity contribution in [3.63, 3.8) is 0 Å². The Hall–Kier alpha value is -2.04. The van der Waals surface area contributed by atoms with Gasteiger partial charge in [-0.05, 0) is 56.1 Å². The van der Waals surface area contributed by atoms with Crippen LogP contribution in [0.15, 0.2) is 60.9 Å². The molecule has 122 valence electrons. The third-order valence-electron chi connectivity index (χ3n) is 5.28. The summed E-state index contributed by atoms with van der Waals surface area (Å²) >= 11 is 0. The van der Waals surface area contributed by atoms with E-state index in [9.17, 15) is 0 Å². The molecule has 2 heterocycles. The number of rotatable bonds is 2. The minimum Gasteiger partial charge on any atom is -0.399 e. The van der Waals surface area contributed by atoms with Crippen LogP contribution in [0.1, 0.15) is 27.7 Å². The first-order valence-electron chi connectivity index (χ1n) is 8.39. The molecule has 4 heteroatoms. The van der Waals surface area contributed by atoms with Crippen LogP contribution in [0.4, 0.5) is 0 Å². The van der Waals surface area contributed by atoms with Crippen molar-refractivity contribution >= 4 is 23.4 Å². The molecule has 0 unspecified atom stereocenters. The lowest BCUT2D eigenvalue weighted by Gasteiger charge is -2.32. The summed E-state index contributed by atoms with van der Waals surface area (Å²) in [6, 6.07) is 16.6. The van der Waals surface area contributed by atoms with Gasteiger partial charge in [0.1, 0.15) is 0 Å². The van der Waals surface area contributed by atoms with Crippen molar-refractivity contribution in [3.05, 3.63) is 60.9 Å². The van der Waals surface area contributed by atoms with Crippen molar-refractivity contribution in [2.24, 2.45) is 0 Å². The Morgan fingerprint density at radius 1 is 0.792 bits per heavy atom. The monoisotopic (exact) mass is 319 g/mol. The van der Waals surface area contributed by atoms with Gasteiger partial charge in [-0.25, -0.2) is 0 Å². The maximum atomic E-state index is 6.24. The minimum atomic E-state index is -0.342. The number of nitrogens with zero attached hydrogens (tertiary/aromatic N) is 1. The van der Waals surface area contributed by atoms with Gasteiger partial charge in [0.05, 0.1) is 11.2 Å². The first-order valence-corrected chi connectivity index (χ1v) is 8.39. The molecule has 1 aliphatic rings. The smallest absolute Gasteiger partial charge is 0.399 e. The Morgan fingerprint density at radius 2 is 1.46 bits per heavy atom. The van der Waals surface area contributed by atoms with Crippen LogP contribution in [0.25, 0.3) is 16.5 Å². The molecule has 1 aromatic heterocycles. The van der Waals surface area contributed by atoms with E-state index in [4.69, 9.17) is 9.31 Å². The van der Waals surface area contributed by atoms with E-state index in [1.807, 2.05) is 6.07 Å². The maximum Gasteiger partial charge on any atom is 0.495 e. The van der Waals surface area contributed by atoms with Crippen molar-refractivity contribution in [2.75, 3.05) is 0 Å². The Balaban J connectivity index is 1.79. The number of hydrogen-bond acceptors (Lipinski definition) is 2. The zero-order chi connectivity index (χ0) is 16.9. The molecular formula is C20H22BNO2. The molecule has 0 aliphatic carbocycles. The third-order valence-corrected chi connectivity index (χ3v) is 5.28. The van der Waals surface area contributed by atoms with Crippen molar-refractivity contribution in [1.29, 1.82) is 0 Å². The number of fused-ring (bicyclic) bond motifs is 1. The molecule has 2 aromatic carbocycles. The maximum absolute atomic E-state index is 6.24. The van der Waals surface area contributed by atoms with E-state index in [-0.39, 0.29) is 18.3 Å². The van der Waals surface area contributed by atoms with E-state index in [0.29, 0.717) is 0 Å². The topological polar surface area (TPSA) is 23.4 Å². The second-order valence-electron chi connectivity index (χ2n) is 7.44. The van der Waals surface area contributed by atoms with Crippen molar-refractivity contribution in [1.82, 2.24) is 4.57 Å². The van der Waals surface area contributed by atoms with E-state index >= 15 is 0 Å². The first kappa shape index (κ1) is 15.5. The highest BCUT2D eigenvalue weighted by molar-refractivity contribution is 6.65. The molecule has 4 rings (SSSR count). The summed E-state index contributed by atoms with van der Waals surface area (Å²) in [6.07, 6.45) is 4.31. The molecule has 3 aromatic rings. The van der Waals surface area contributed by atoms with Gasteiger partial charge in [0, 0.05) is 18.1 Å². The molecule has 3 nitrogen and oxygen atoms in total. The van der Waals surface area contributed by atoms with Crippen LogP contribution < -0.4 is 5.46 Å². The summed E-state index contributed by atoms with van der Waals surface area (Å²) in [5.74, 6) is 0. The van der Waals surface area contributed by atoms with Gasteiger partial charge in [-0.2, -0.15) is 0 Å². The van der Waals surface area contributed by atoms with Crippen LogP contribution in [0.3, 0.4) is 0 Å². The van der Waals surface area contributed by atoms with Gasteiger partial charge >= 0.3 is 7.12 Å². The van der Waals surface area contributed by atoms with Gasteiger partial charge in [0.25, 0.3) is 0 Å². The number of hydrogen-bond donors (Lipinski definition) is 0. The molecule has 0 atom stereocenters. The number of benzene rings is 2. The van der Waals surface area contributed by atoms with Gasteiger partial charge in [-0.3, -0.25) is 0 Å². The fourth-order valence-electron chi connectivity index (χ4n) is 3.11. The van der Waals surface area contributed by atoms with Crippen LogP contribution in [0.5, 0.6) is 0 Å². The normalized spacial score (nSPS) is 19.1. The van der Waals surface area contributed by atoms with Gasteiger partial charge in [-0.1, -0.05) is 36.4 Å². The van der Waals surface area contributed by atoms with Crippen LogP contribution >= 0.6 is 0 Å². The first-order chi connectivity index (χ1) is 11.4. The Morgan fingerprint density at radius 3 is 2.12 bits per heavy atom. The molecule has 0 spiro atoms. The zero-order valence-electron chi connectivity index (χ0n) is 14.6. The summed E-state index contributed by atoms with van der Waals surface area (Å²) in [4.78, 5) is 0. The lowest BCUT2D eigenvalue weighted by Crippen LogP contribution is -2.41. The van der Waals surface area contributed by atoms with Crippen molar-refractivity contribution < 1.29 is 9.31 Å². The molecule has 0 N–H and O–H groups in total. The fourth-order valence-corrected chi connectivity index (χ4v) is 3.11. The van der Waals surface area contributed by atoms with E-state index in [1.165, 1.54) is 10.8 Å². The predicted octanol–water partition coefficient (Wildman–Crippen LogP) is 3.93. The Bertz CT molecular complexity index is 867. The molecular weight excluding hydrogens is 297 g/mol. The summed E-state index contributed by atoms with van der Waals surface area (Å²) in [6.45, 7) is 8.34. The average molecular weight is 319 g/mol. The second kappa shape index (κ2) is 5.23. The predicted molar refractivity (Wildman–Crippen MR) is 99.0 cm³/mol. The molecule has 0 amide bonds. The molecule has 1 aliphatic heterocycles. The standard InChI is InChI=1S/C20H22BNO2/c1-19(2)20(3,4)24-21(23-19)18-12-8-9-15-13-22(14-17(15)18)16-10-6-5-7-11-16/h5-14H,1-4H3. The largest absolute Gasteiger partial charge is 0.495 e. The molecule has 0 bridgehead atoms. The van der Waals surface area contributed by atoms with Gasteiger partial charge in [0.2, 0.25) is 0 Å². The summed E-state index contributed by atoms with van der Waals surface area (Å²) in [5, 5.41) is 2.35. The van der Waals surface area contributed by atoms with Gasteiger partial charge in [-0.15, -0.1) is 0 Å². The molecule has 0 radical (unpaired) electrons. The highest BCUT2D eigenvalue weighted by Crippen LogP contribution is 2.37. The number of para-hydroxylation sites is 1. The number of aromatic nitrogens is 1. The summed E-state index contributed by atoms with van der Waals surface area (Å²) in [7, 11) is -0.342.